The molecule has 0 aromatic heterocycles. The minimum atomic E-state index is -1.03. The molecule has 2 amide bonds. The molecule has 7 heteroatoms. The van der Waals surface area contributed by atoms with Gasteiger partial charge in [0.1, 0.15) is 11.4 Å². The van der Waals surface area contributed by atoms with Crippen molar-refractivity contribution < 1.29 is 24.2 Å². The van der Waals surface area contributed by atoms with E-state index in [4.69, 9.17) is 9.84 Å². The van der Waals surface area contributed by atoms with E-state index in [2.05, 4.69) is 10.6 Å². The van der Waals surface area contributed by atoms with Gasteiger partial charge in [0.2, 0.25) is 5.91 Å². The van der Waals surface area contributed by atoms with Gasteiger partial charge in [-0.1, -0.05) is 42.5 Å². The van der Waals surface area contributed by atoms with Gasteiger partial charge in [0.25, 0.3) is 5.91 Å². The zero-order valence-corrected chi connectivity index (χ0v) is 15.9. The summed E-state index contributed by atoms with van der Waals surface area (Å²) in [4.78, 5) is 35.3. The van der Waals surface area contributed by atoms with Crippen LogP contribution in [-0.4, -0.2) is 36.5 Å². The number of ether oxygens (including phenoxy) is 1. The third-order valence-electron chi connectivity index (χ3n) is 3.78. The summed E-state index contributed by atoms with van der Waals surface area (Å²) >= 11 is 0. The highest BCUT2D eigenvalue weighted by Gasteiger charge is 2.12. The molecule has 2 rings (SSSR count). The van der Waals surface area contributed by atoms with Crippen molar-refractivity contribution in [1.29, 1.82) is 0 Å². The number of nitrogens with one attached hydrogen (secondary N) is 2. The first-order chi connectivity index (χ1) is 14.0. The molecule has 7 nitrogen and oxygen atoms in total. The molecular formula is C22H22N2O5. The van der Waals surface area contributed by atoms with Gasteiger partial charge >= 0.3 is 5.97 Å². The Balaban J connectivity index is 2.15. The molecule has 0 heterocycles. The van der Waals surface area contributed by atoms with Crippen molar-refractivity contribution in [2.75, 3.05) is 13.7 Å². The molecule has 0 radical (unpaired) electrons. The molecule has 0 saturated heterocycles. The summed E-state index contributed by atoms with van der Waals surface area (Å²) in [5.41, 5.74) is 1.51. The summed E-state index contributed by atoms with van der Waals surface area (Å²) in [5, 5.41) is 13.7. The molecule has 0 atom stereocenters. The normalized spacial score (nSPS) is 11.1. The number of hydrogen-bond acceptors (Lipinski definition) is 4. The largest absolute Gasteiger partial charge is 0.497 e. The first-order valence-corrected chi connectivity index (χ1v) is 8.88. The van der Waals surface area contributed by atoms with E-state index >= 15 is 0 Å². The van der Waals surface area contributed by atoms with E-state index in [1.807, 2.05) is 30.3 Å². The molecule has 0 aliphatic rings. The van der Waals surface area contributed by atoms with Crippen LogP contribution in [0.4, 0.5) is 0 Å². The Morgan fingerprint density at radius 1 is 1.00 bits per heavy atom. The van der Waals surface area contributed by atoms with Crippen LogP contribution in [0.5, 0.6) is 5.75 Å². The maximum atomic E-state index is 12.4. The highest BCUT2D eigenvalue weighted by Crippen LogP contribution is 2.13. The molecule has 0 saturated carbocycles. The fraction of sp³-hybridized carbons (Fsp3) is 0.136. The number of carboxylic acid groups (broad SMARTS) is 1. The van der Waals surface area contributed by atoms with E-state index in [9.17, 15) is 14.4 Å². The SMILES string of the molecule is COc1ccc(/C=C(/NC(=O)/C=C/c2ccccc2)C(=O)NCCC(=O)O)cc1. The second-order valence-corrected chi connectivity index (χ2v) is 5.96. The van der Waals surface area contributed by atoms with E-state index in [0.717, 1.165) is 5.56 Å². The zero-order valence-electron chi connectivity index (χ0n) is 15.9. The molecule has 2 aromatic carbocycles. The third kappa shape index (κ3) is 7.72. The van der Waals surface area contributed by atoms with Crippen molar-refractivity contribution in [2.24, 2.45) is 0 Å². The Kier molecular flexibility index (Phi) is 8.19. The fourth-order valence-corrected chi connectivity index (χ4v) is 2.31. The topological polar surface area (TPSA) is 105 Å². The lowest BCUT2D eigenvalue weighted by molar-refractivity contribution is -0.137. The van der Waals surface area contributed by atoms with Crippen LogP contribution in [0.1, 0.15) is 17.5 Å². The van der Waals surface area contributed by atoms with Crippen molar-refractivity contribution in [2.45, 2.75) is 6.42 Å². The number of carbonyl (C=O) groups excluding carboxylic acids is 2. The van der Waals surface area contributed by atoms with Crippen LogP contribution in [-0.2, 0) is 14.4 Å². The van der Waals surface area contributed by atoms with Crippen molar-refractivity contribution in [3.05, 3.63) is 77.5 Å². The summed E-state index contributed by atoms with van der Waals surface area (Å²) in [6.45, 7) is -0.0517. The van der Waals surface area contributed by atoms with E-state index in [0.29, 0.717) is 11.3 Å². The van der Waals surface area contributed by atoms with Crippen molar-refractivity contribution >= 4 is 29.9 Å². The zero-order chi connectivity index (χ0) is 21.1. The van der Waals surface area contributed by atoms with Gasteiger partial charge in [0.05, 0.1) is 13.5 Å². The molecule has 0 aliphatic carbocycles. The summed E-state index contributed by atoms with van der Waals surface area (Å²) in [6.07, 6.45) is 4.23. The molecule has 0 fully saturated rings. The summed E-state index contributed by atoms with van der Waals surface area (Å²) < 4.78 is 5.10. The number of carbonyl (C=O) groups is 3. The van der Waals surface area contributed by atoms with Crippen LogP contribution in [0.15, 0.2) is 66.4 Å². The monoisotopic (exact) mass is 394 g/mol. The molecule has 0 aliphatic heterocycles. The van der Waals surface area contributed by atoms with E-state index in [1.165, 1.54) is 12.2 Å². The van der Waals surface area contributed by atoms with Crippen molar-refractivity contribution in [1.82, 2.24) is 10.6 Å². The average Bonchev–Trinajstić information content (AvgIpc) is 2.72. The summed E-state index contributed by atoms with van der Waals surface area (Å²) in [5.74, 6) is -1.43. The lowest BCUT2D eigenvalue weighted by Gasteiger charge is -2.09. The Labute approximate surface area is 168 Å². The van der Waals surface area contributed by atoms with Crippen LogP contribution in [0, 0.1) is 0 Å². The van der Waals surface area contributed by atoms with Crippen molar-refractivity contribution in [3.63, 3.8) is 0 Å². The predicted octanol–water partition coefficient (Wildman–Crippen LogP) is 2.46. The lowest BCUT2D eigenvalue weighted by Crippen LogP contribution is -2.35. The van der Waals surface area contributed by atoms with Gasteiger partial charge < -0.3 is 20.5 Å². The molecule has 150 valence electrons. The van der Waals surface area contributed by atoms with Gasteiger partial charge in [-0.25, -0.2) is 0 Å². The Morgan fingerprint density at radius 3 is 2.31 bits per heavy atom. The highest BCUT2D eigenvalue weighted by atomic mass is 16.5. The van der Waals surface area contributed by atoms with Crippen LogP contribution < -0.4 is 15.4 Å². The summed E-state index contributed by atoms with van der Waals surface area (Å²) in [6, 6.07) is 16.2. The van der Waals surface area contributed by atoms with E-state index in [1.54, 1.807) is 37.5 Å². The number of rotatable bonds is 9. The second-order valence-electron chi connectivity index (χ2n) is 5.96. The molecule has 0 bridgehead atoms. The average molecular weight is 394 g/mol. The van der Waals surface area contributed by atoms with Gasteiger partial charge in [0, 0.05) is 12.6 Å². The smallest absolute Gasteiger partial charge is 0.305 e. The third-order valence-corrected chi connectivity index (χ3v) is 3.78. The number of methoxy groups -OCH3 is 1. The Hall–Kier alpha value is -3.87. The van der Waals surface area contributed by atoms with Gasteiger partial charge in [-0.05, 0) is 35.4 Å². The van der Waals surface area contributed by atoms with Gasteiger partial charge in [-0.15, -0.1) is 0 Å². The standard InChI is InChI=1S/C22H22N2O5/c1-29-18-10-7-17(8-11-18)15-19(22(28)23-14-13-21(26)27)24-20(25)12-9-16-5-3-2-4-6-16/h2-12,15H,13-14H2,1H3,(H,23,28)(H,24,25)(H,26,27)/b12-9+,19-15+. The van der Waals surface area contributed by atoms with Gasteiger partial charge in [-0.2, -0.15) is 0 Å². The Bertz CT molecular complexity index is 903. The highest BCUT2D eigenvalue weighted by molar-refractivity contribution is 6.04. The quantitative estimate of drug-likeness (QED) is 0.567. The van der Waals surface area contributed by atoms with Crippen LogP contribution in [0.25, 0.3) is 12.2 Å². The molecular weight excluding hydrogens is 372 g/mol. The van der Waals surface area contributed by atoms with Crippen LogP contribution >= 0.6 is 0 Å². The first kappa shape index (κ1) is 21.4. The van der Waals surface area contributed by atoms with Gasteiger partial charge in [-0.3, -0.25) is 14.4 Å². The fourth-order valence-electron chi connectivity index (χ4n) is 2.31. The Morgan fingerprint density at radius 2 is 1.69 bits per heavy atom. The maximum absolute atomic E-state index is 12.4. The van der Waals surface area contributed by atoms with E-state index < -0.39 is 17.8 Å². The number of aliphatic carboxylic acids is 1. The molecule has 29 heavy (non-hydrogen) atoms. The summed E-state index contributed by atoms with van der Waals surface area (Å²) in [7, 11) is 1.55. The molecule has 0 spiro atoms. The first-order valence-electron chi connectivity index (χ1n) is 8.88. The predicted molar refractivity (Wildman–Crippen MR) is 110 cm³/mol. The van der Waals surface area contributed by atoms with Gasteiger partial charge in [0.15, 0.2) is 0 Å². The second kappa shape index (κ2) is 11.1. The number of amides is 2. The number of carboxylic acids is 1. The van der Waals surface area contributed by atoms with Crippen molar-refractivity contribution in [3.8, 4) is 5.75 Å². The molecule has 2 aromatic rings. The lowest BCUT2D eigenvalue weighted by atomic mass is 10.1. The number of benzene rings is 2. The number of hydrogen-bond donors (Lipinski definition) is 3. The van der Waals surface area contributed by atoms with E-state index in [-0.39, 0.29) is 18.7 Å². The minimum absolute atomic E-state index is 0.00303. The molecule has 0 unspecified atom stereocenters. The molecule has 3 N–H and O–H groups in total. The van der Waals surface area contributed by atoms with Crippen LogP contribution in [0.2, 0.25) is 0 Å². The van der Waals surface area contributed by atoms with Crippen LogP contribution in [0.3, 0.4) is 0 Å². The maximum Gasteiger partial charge on any atom is 0.305 e. The minimum Gasteiger partial charge on any atom is -0.497 e.